The Balaban J connectivity index is 1.46. The van der Waals surface area contributed by atoms with E-state index in [-0.39, 0.29) is 6.42 Å². The molecule has 2 aliphatic rings. The highest BCUT2D eigenvalue weighted by Gasteiger charge is 2.32. The van der Waals surface area contributed by atoms with E-state index in [1.165, 1.54) is 21.6 Å². The van der Waals surface area contributed by atoms with Gasteiger partial charge in [-0.15, -0.1) is 21.5 Å². The normalized spacial score (nSPS) is 16.5. The molecule has 0 saturated heterocycles. The first kappa shape index (κ1) is 22.8. The van der Waals surface area contributed by atoms with Gasteiger partial charge in [0.15, 0.2) is 5.82 Å². The van der Waals surface area contributed by atoms with E-state index in [0.717, 1.165) is 58.3 Å². The summed E-state index contributed by atoms with van der Waals surface area (Å²) in [5.41, 5.74) is 9.10. The molecule has 0 radical (unpaired) electrons. The summed E-state index contributed by atoms with van der Waals surface area (Å²) in [7, 11) is 0. The largest absolute Gasteiger partial charge is 0.481 e. The van der Waals surface area contributed by atoms with Crippen molar-refractivity contribution in [3.8, 4) is 16.1 Å². The molecule has 2 aromatic heterocycles. The smallest absolute Gasteiger partial charge is 0.306 e. The summed E-state index contributed by atoms with van der Waals surface area (Å²) < 4.78 is 1.99. The maximum absolute atomic E-state index is 11.7. The fourth-order valence-corrected chi connectivity index (χ4v) is 6.38. The molecule has 7 nitrogen and oxygen atoms in total. The van der Waals surface area contributed by atoms with Gasteiger partial charge < -0.3 is 10.4 Å². The lowest BCUT2D eigenvalue weighted by atomic mass is 9.93. The lowest BCUT2D eigenvalue weighted by molar-refractivity contribution is -0.137. The van der Waals surface area contributed by atoms with Gasteiger partial charge in [0.25, 0.3) is 0 Å². The molecule has 8 heteroatoms. The standard InChI is InChI=1S/C28H27N5O2S/c1-15-16(2)36-28-25(15)26(30-23(13-24(34)35)27-32-31-17(3)33(27)28)19-6-4-18(5-7-19)20-8-9-22-14-29-11-10-21(22)12-20/h4-9,12,23,29H,10-11,13-14H2,1-3H3,(H,34,35)/t23-/m0/s1. The zero-order valence-electron chi connectivity index (χ0n) is 20.5. The van der Waals surface area contributed by atoms with Crippen LogP contribution in [0.5, 0.6) is 0 Å². The first-order valence-corrected chi connectivity index (χ1v) is 13.0. The van der Waals surface area contributed by atoms with E-state index >= 15 is 0 Å². The van der Waals surface area contributed by atoms with Crippen LogP contribution in [0, 0.1) is 20.8 Å². The lowest BCUT2D eigenvalue weighted by Crippen LogP contribution is -2.23. The van der Waals surface area contributed by atoms with E-state index in [0.29, 0.717) is 5.82 Å². The molecule has 0 fully saturated rings. The van der Waals surface area contributed by atoms with Crippen molar-refractivity contribution in [3.05, 3.63) is 86.8 Å². The van der Waals surface area contributed by atoms with Gasteiger partial charge in [0.2, 0.25) is 0 Å². The number of rotatable bonds is 4. The van der Waals surface area contributed by atoms with Gasteiger partial charge in [-0.05, 0) is 61.6 Å². The van der Waals surface area contributed by atoms with Crippen LogP contribution < -0.4 is 5.32 Å². The van der Waals surface area contributed by atoms with Crippen molar-refractivity contribution in [3.63, 3.8) is 0 Å². The second-order valence-electron chi connectivity index (χ2n) is 9.48. The van der Waals surface area contributed by atoms with Gasteiger partial charge in [-0.2, -0.15) is 0 Å². The van der Waals surface area contributed by atoms with Crippen LogP contribution in [0.3, 0.4) is 0 Å². The third-order valence-corrected chi connectivity index (χ3v) is 8.38. The molecule has 0 bridgehead atoms. The molecule has 0 spiro atoms. The zero-order valence-corrected chi connectivity index (χ0v) is 21.3. The number of benzene rings is 2. The van der Waals surface area contributed by atoms with Crippen molar-refractivity contribution in [1.82, 2.24) is 20.1 Å². The van der Waals surface area contributed by atoms with Gasteiger partial charge in [0.05, 0.1) is 12.1 Å². The van der Waals surface area contributed by atoms with Gasteiger partial charge >= 0.3 is 5.97 Å². The molecule has 36 heavy (non-hydrogen) atoms. The first-order valence-electron chi connectivity index (χ1n) is 12.2. The highest BCUT2D eigenvalue weighted by atomic mass is 32.1. The summed E-state index contributed by atoms with van der Waals surface area (Å²) in [6.07, 6.45) is 0.905. The van der Waals surface area contributed by atoms with Crippen LogP contribution in [0.2, 0.25) is 0 Å². The molecule has 2 aliphatic heterocycles. The van der Waals surface area contributed by atoms with E-state index in [1.807, 2.05) is 11.5 Å². The van der Waals surface area contributed by atoms with Crippen LogP contribution in [0.15, 0.2) is 47.5 Å². The van der Waals surface area contributed by atoms with Gasteiger partial charge in [-0.3, -0.25) is 14.4 Å². The Morgan fingerprint density at radius 2 is 1.81 bits per heavy atom. The number of carboxylic acids is 1. The number of hydrogen-bond donors (Lipinski definition) is 2. The number of carboxylic acid groups (broad SMARTS) is 1. The number of aliphatic carboxylic acids is 1. The summed E-state index contributed by atoms with van der Waals surface area (Å²) in [5, 5.41) is 22.7. The van der Waals surface area contributed by atoms with E-state index in [2.05, 4.69) is 71.8 Å². The molecule has 0 saturated carbocycles. The minimum Gasteiger partial charge on any atom is -0.481 e. The van der Waals surface area contributed by atoms with E-state index in [4.69, 9.17) is 4.99 Å². The number of aryl methyl sites for hydroxylation is 2. The maximum Gasteiger partial charge on any atom is 0.306 e. The quantitative estimate of drug-likeness (QED) is 0.417. The average Bonchev–Trinajstić information content (AvgIpc) is 3.35. The molecule has 2 N–H and O–H groups in total. The molecule has 6 rings (SSSR count). The van der Waals surface area contributed by atoms with Crippen LogP contribution in [-0.2, 0) is 17.8 Å². The highest BCUT2D eigenvalue weighted by molar-refractivity contribution is 7.15. The number of aliphatic imine (C=N–C) groups is 1. The summed E-state index contributed by atoms with van der Waals surface area (Å²) in [5.74, 6) is 0.399. The lowest BCUT2D eigenvalue weighted by Gasteiger charge is -2.18. The molecule has 182 valence electrons. The third kappa shape index (κ3) is 3.77. The Hall–Kier alpha value is -3.62. The number of nitrogens with zero attached hydrogens (tertiary/aromatic N) is 4. The summed E-state index contributed by atoms with van der Waals surface area (Å²) >= 11 is 1.67. The van der Waals surface area contributed by atoms with E-state index in [1.54, 1.807) is 11.3 Å². The number of hydrogen-bond acceptors (Lipinski definition) is 6. The predicted octanol–water partition coefficient (Wildman–Crippen LogP) is 4.93. The molecule has 0 aliphatic carbocycles. The Kier molecular flexibility index (Phi) is 5.58. The zero-order chi connectivity index (χ0) is 25.0. The van der Waals surface area contributed by atoms with Crippen molar-refractivity contribution in [2.24, 2.45) is 4.99 Å². The van der Waals surface area contributed by atoms with Crippen molar-refractivity contribution >= 4 is 23.0 Å². The Morgan fingerprint density at radius 1 is 1.06 bits per heavy atom. The average molecular weight is 498 g/mol. The van der Waals surface area contributed by atoms with Crippen LogP contribution >= 0.6 is 11.3 Å². The van der Waals surface area contributed by atoms with Gasteiger partial charge in [0.1, 0.15) is 16.9 Å². The number of aromatic nitrogens is 3. The monoisotopic (exact) mass is 497 g/mol. The Morgan fingerprint density at radius 3 is 2.58 bits per heavy atom. The molecule has 4 heterocycles. The summed E-state index contributed by atoms with van der Waals surface area (Å²) in [6, 6.07) is 14.6. The fourth-order valence-electron chi connectivity index (χ4n) is 5.17. The van der Waals surface area contributed by atoms with Gasteiger partial charge in [0, 0.05) is 22.5 Å². The second kappa shape index (κ2) is 8.80. The van der Waals surface area contributed by atoms with Gasteiger partial charge in [-0.1, -0.05) is 42.5 Å². The SMILES string of the molecule is Cc1sc2c(c1C)C(c1ccc(-c3ccc4c(c3)CCNC4)cc1)=N[C@@H](CC(=O)O)c1nnc(C)n1-2. The molecule has 1 atom stereocenters. The first-order chi connectivity index (χ1) is 17.4. The Bertz CT molecular complexity index is 1530. The highest BCUT2D eigenvalue weighted by Crippen LogP contribution is 2.39. The molecular formula is C28H27N5O2S. The van der Waals surface area contributed by atoms with E-state index in [9.17, 15) is 9.90 Å². The maximum atomic E-state index is 11.7. The third-order valence-electron chi connectivity index (χ3n) is 7.19. The topological polar surface area (TPSA) is 92.4 Å². The number of carbonyl (C=O) groups is 1. The van der Waals surface area contributed by atoms with Gasteiger partial charge in [-0.25, -0.2) is 0 Å². The molecular weight excluding hydrogens is 470 g/mol. The molecule has 0 unspecified atom stereocenters. The van der Waals surface area contributed by atoms with Crippen LogP contribution in [0.1, 0.15) is 56.8 Å². The number of fused-ring (bicyclic) bond motifs is 4. The minimum atomic E-state index is -0.911. The van der Waals surface area contributed by atoms with E-state index < -0.39 is 12.0 Å². The molecule has 4 aromatic rings. The predicted molar refractivity (Wildman–Crippen MR) is 141 cm³/mol. The summed E-state index contributed by atoms with van der Waals surface area (Å²) in [6.45, 7) is 8.06. The van der Waals surface area contributed by atoms with Crippen LogP contribution in [-0.4, -0.2) is 38.1 Å². The summed E-state index contributed by atoms with van der Waals surface area (Å²) in [4.78, 5) is 18.0. The van der Waals surface area contributed by atoms with Crippen molar-refractivity contribution in [2.45, 2.75) is 46.2 Å². The number of thiophene rings is 1. The minimum absolute atomic E-state index is 0.142. The fraction of sp³-hybridized carbons (Fsp3) is 0.286. The van der Waals surface area contributed by atoms with Crippen molar-refractivity contribution in [1.29, 1.82) is 0 Å². The Labute approximate surface area is 213 Å². The second-order valence-corrected chi connectivity index (χ2v) is 10.7. The number of nitrogens with one attached hydrogen (secondary N) is 1. The van der Waals surface area contributed by atoms with Crippen molar-refractivity contribution < 1.29 is 9.90 Å². The van der Waals surface area contributed by atoms with Crippen molar-refractivity contribution in [2.75, 3.05) is 6.54 Å². The van der Waals surface area contributed by atoms with Crippen LogP contribution in [0.4, 0.5) is 0 Å². The molecule has 2 aromatic carbocycles. The van der Waals surface area contributed by atoms with Crippen LogP contribution in [0.25, 0.3) is 16.1 Å². The molecule has 0 amide bonds.